The second-order valence-electron chi connectivity index (χ2n) is 4.57. The summed E-state index contributed by atoms with van der Waals surface area (Å²) < 4.78 is 5.72. The van der Waals surface area contributed by atoms with Gasteiger partial charge in [0.15, 0.2) is 0 Å². The van der Waals surface area contributed by atoms with Crippen molar-refractivity contribution >= 4 is 0 Å². The minimum atomic E-state index is 0.738. The predicted molar refractivity (Wildman–Crippen MR) is 70.2 cm³/mol. The van der Waals surface area contributed by atoms with Crippen molar-refractivity contribution in [3.8, 4) is 5.75 Å². The van der Waals surface area contributed by atoms with Gasteiger partial charge < -0.3 is 10.5 Å². The van der Waals surface area contributed by atoms with Crippen LogP contribution in [0.15, 0.2) is 30.3 Å². The molecule has 0 bridgehead atoms. The topological polar surface area (TPSA) is 38.5 Å². The molecule has 1 aromatic rings. The number of hydrogen-bond donors (Lipinski definition) is 1. The average molecular weight is 234 g/mol. The Labute approximate surface area is 104 Å². The molecule has 1 fully saturated rings. The highest BCUT2D eigenvalue weighted by Gasteiger charge is 2.23. The van der Waals surface area contributed by atoms with Gasteiger partial charge in [-0.1, -0.05) is 24.6 Å². The molecule has 0 saturated heterocycles. The summed E-state index contributed by atoms with van der Waals surface area (Å²) in [6, 6.07) is 10.7. The molecule has 0 amide bonds. The zero-order valence-electron chi connectivity index (χ0n) is 10.3. The molecule has 3 heteroatoms. The van der Waals surface area contributed by atoms with Gasteiger partial charge in [-0.25, -0.2) is 0 Å². The lowest BCUT2D eigenvalue weighted by molar-refractivity contribution is 0.110. The summed E-state index contributed by atoms with van der Waals surface area (Å²) in [6.07, 6.45) is 4.02. The molecule has 0 aromatic heterocycles. The fraction of sp³-hybridized carbons (Fsp3) is 0.571. The monoisotopic (exact) mass is 234 g/mol. The molecule has 0 heterocycles. The van der Waals surface area contributed by atoms with E-state index in [4.69, 9.17) is 10.5 Å². The number of para-hydroxylation sites is 1. The van der Waals surface area contributed by atoms with E-state index >= 15 is 0 Å². The van der Waals surface area contributed by atoms with Crippen LogP contribution >= 0.6 is 0 Å². The molecular formula is C14H22N2O. The molecule has 94 valence electrons. The van der Waals surface area contributed by atoms with Crippen LogP contribution < -0.4 is 10.5 Å². The smallest absolute Gasteiger partial charge is 0.119 e. The average Bonchev–Trinajstić information content (AvgIpc) is 2.28. The van der Waals surface area contributed by atoms with Gasteiger partial charge in [0.25, 0.3) is 0 Å². The van der Waals surface area contributed by atoms with Gasteiger partial charge >= 0.3 is 0 Å². The molecule has 1 saturated carbocycles. The third-order valence-electron chi connectivity index (χ3n) is 3.40. The predicted octanol–water partition coefficient (Wildman–Crippen LogP) is 1.88. The molecule has 0 aliphatic heterocycles. The number of nitrogens with zero attached hydrogens (tertiary/aromatic N) is 1. The first-order chi connectivity index (χ1) is 8.40. The van der Waals surface area contributed by atoms with E-state index in [-0.39, 0.29) is 0 Å². The lowest BCUT2D eigenvalue weighted by Crippen LogP contribution is -2.44. The molecule has 0 radical (unpaired) electrons. The SMILES string of the molecule is NCCN(CCOc1ccccc1)C1CCC1. The highest BCUT2D eigenvalue weighted by Crippen LogP contribution is 2.24. The fourth-order valence-electron chi connectivity index (χ4n) is 2.19. The van der Waals surface area contributed by atoms with Crippen LogP contribution in [0, 0.1) is 0 Å². The van der Waals surface area contributed by atoms with Crippen LogP contribution in [0.4, 0.5) is 0 Å². The Morgan fingerprint density at radius 1 is 1.18 bits per heavy atom. The van der Waals surface area contributed by atoms with Gasteiger partial charge in [-0.15, -0.1) is 0 Å². The Bertz CT molecular complexity index is 311. The van der Waals surface area contributed by atoms with E-state index in [1.165, 1.54) is 19.3 Å². The lowest BCUT2D eigenvalue weighted by Gasteiger charge is -2.37. The highest BCUT2D eigenvalue weighted by atomic mass is 16.5. The van der Waals surface area contributed by atoms with E-state index in [2.05, 4.69) is 4.90 Å². The Kier molecular flexibility index (Phi) is 4.83. The van der Waals surface area contributed by atoms with E-state index < -0.39 is 0 Å². The standard InChI is InChI=1S/C14H22N2O/c15-9-10-16(13-5-4-6-13)11-12-17-14-7-2-1-3-8-14/h1-3,7-8,13H,4-6,9-12,15H2. The van der Waals surface area contributed by atoms with Gasteiger partial charge in [-0.2, -0.15) is 0 Å². The summed E-state index contributed by atoms with van der Waals surface area (Å²) in [6.45, 7) is 3.46. The molecule has 17 heavy (non-hydrogen) atoms. The second kappa shape index (κ2) is 6.62. The van der Waals surface area contributed by atoms with Crippen molar-refractivity contribution in [2.75, 3.05) is 26.2 Å². The van der Waals surface area contributed by atoms with E-state index in [1.807, 2.05) is 30.3 Å². The summed E-state index contributed by atoms with van der Waals surface area (Å²) in [5.74, 6) is 0.953. The molecule has 1 aliphatic rings. The molecule has 2 N–H and O–H groups in total. The van der Waals surface area contributed by atoms with Gasteiger partial charge in [0.1, 0.15) is 12.4 Å². The Hall–Kier alpha value is -1.06. The maximum atomic E-state index is 5.72. The maximum absolute atomic E-state index is 5.72. The van der Waals surface area contributed by atoms with Crippen molar-refractivity contribution in [2.24, 2.45) is 5.73 Å². The Balaban J connectivity index is 1.71. The van der Waals surface area contributed by atoms with E-state index in [0.717, 1.165) is 38.0 Å². The van der Waals surface area contributed by atoms with E-state index in [0.29, 0.717) is 0 Å². The van der Waals surface area contributed by atoms with Crippen molar-refractivity contribution in [3.63, 3.8) is 0 Å². The van der Waals surface area contributed by atoms with Crippen molar-refractivity contribution < 1.29 is 4.74 Å². The minimum absolute atomic E-state index is 0.738. The lowest BCUT2D eigenvalue weighted by atomic mass is 9.91. The molecule has 0 spiro atoms. The largest absolute Gasteiger partial charge is 0.492 e. The van der Waals surface area contributed by atoms with Gasteiger partial charge in [0, 0.05) is 25.7 Å². The summed E-state index contributed by atoms with van der Waals surface area (Å²) in [5.41, 5.74) is 5.65. The summed E-state index contributed by atoms with van der Waals surface area (Å²) >= 11 is 0. The van der Waals surface area contributed by atoms with Crippen LogP contribution in [0.5, 0.6) is 5.75 Å². The van der Waals surface area contributed by atoms with Gasteiger partial charge in [0.05, 0.1) is 0 Å². The first-order valence-corrected chi connectivity index (χ1v) is 6.52. The Morgan fingerprint density at radius 3 is 2.53 bits per heavy atom. The Morgan fingerprint density at radius 2 is 1.94 bits per heavy atom. The van der Waals surface area contributed by atoms with E-state index in [9.17, 15) is 0 Å². The van der Waals surface area contributed by atoms with Crippen LogP contribution in [0.2, 0.25) is 0 Å². The van der Waals surface area contributed by atoms with Crippen LogP contribution in [-0.4, -0.2) is 37.2 Å². The summed E-state index contributed by atoms with van der Waals surface area (Å²) in [7, 11) is 0. The molecule has 3 nitrogen and oxygen atoms in total. The van der Waals surface area contributed by atoms with Crippen LogP contribution in [0.25, 0.3) is 0 Å². The van der Waals surface area contributed by atoms with Gasteiger partial charge in [-0.05, 0) is 25.0 Å². The highest BCUT2D eigenvalue weighted by molar-refractivity contribution is 5.20. The van der Waals surface area contributed by atoms with Crippen LogP contribution in [0.1, 0.15) is 19.3 Å². The molecule has 1 aliphatic carbocycles. The first kappa shape index (κ1) is 12.4. The van der Waals surface area contributed by atoms with Crippen LogP contribution in [-0.2, 0) is 0 Å². The molecule has 1 aromatic carbocycles. The second-order valence-corrected chi connectivity index (χ2v) is 4.57. The quantitative estimate of drug-likeness (QED) is 0.783. The minimum Gasteiger partial charge on any atom is -0.492 e. The normalized spacial score (nSPS) is 15.9. The number of benzene rings is 1. The molecular weight excluding hydrogens is 212 g/mol. The van der Waals surface area contributed by atoms with Crippen molar-refractivity contribution in [1.29, 1.82) is 0 Å². The maximum Gasteiger partial charge on any atom is 0.119 e. The number of hydrogen-bond acceptors (Lipinski definition) is 3. The van der Waals surface area contributed by atoms with Crippen molar-refractivity contribution in [1.82, 2.24) is 4.90 Å². The number of ether oxygens (including phenoxy) is 1. The number of rotatable bonds is 7. The van der Waals surface area contributed by atoms with Gasteiger partial charge in [-0.3, -0.25) is 4.90 Å². The fourth-order valence-corrected chi connectivity index (χ4v) is 2.19. The first-order valence-electron chi connectivity index (χ1n) is 6.52. The molecule has 0 unspecified atom stereocenters. The molecule has 0 atom stereocenters. The van der Waals surface area contributed by atoms with Gasteiger partial charge in [0.2, 0.25) is 0 Å². The van der Waals surface area contributed by atoms with Crippen molar-refractivity contribution in [2.45, 2.75) is 25.3 Å². The zero-order valence-corrected chi connectivity index (χ0v) is 10.3. The third-order valence-corrected chi connectivity index (χ3v) is 3.40. The molecule has 2 rings (SSSR count). The third kappa shape index (κ3) is 3.72. The summed E-state index contributed by atoms with van der Waals surface area (Å²) in [4.78, 5) is 2.46. The zero-order chi connectivity index (χ0) is 11.9. The van der Waals surface area contributed by atoms with Crippen molar-refractivity contribution in [3.05, 3.63) is 30.3 Å². The summed E-state index contributed by atoms with van der Waals surface area (Å²) in [5, 5.41) is 0. The number of nitrogens with two attached hydrogens (primary N) is 1. The van der Waals surface area contributed by atoms with E-state index in [1.54, 1.807) is 0 Å². The van der Waals surface area contributed by atoms with Crippen LogP contribution in [0.3, 0.4) is 0 Å².